The number of aliphatic imine (C=N–C) groups is 1. The van der Waals surface area contributed by atoms with E-state index in [4.69, 9.17) is 9.41 Å². The zero-order valence-corrected chi connectivity index (χ0v) is 17.8. The summed E-state index contributed by atoms with van der Waals surface area (Å²) in [7, 11) is 1.59. The Morgan fingerprint density at radius 3 is 2.69 bits per heavy atom. The molecule has 0 bridgehead atoms. The van der Waals surface area contributed by atoms with Crippen LogP contribution in [0.4, 0.5) is 6.01 Å². The lowest BCUT2D eigenvalue weighted by molar-refractivity contribution is -0.128. The maximum atomic E-state index is 13.1. The second-order valence-corrected chi connectivity index (χ2v) is 8.01. The summed E-state index contributed by atoms with van der Waals surface area (Å²) in [4.78, 5) is 34.7. The molecule has 0 saturated heterocycles. The number of amides is 1. The van der Waals surface area contributed by atoms with Gasteiger partial charge in [0.2, 0.25) is 11.9 Å². The summed E-state index contributed by atoms with van der Waals surface area (Å²) in [5.41, 5.74) is 4.70. The van der Waals surface area contributed by atoms with Crippen molar-refractivity contribution < 1.29 is 14.0 Å². The number of benzene rings is 2. The van der Waals surface area contributed by atoms with Gasteiger partial charge in [0.05, 0.1) is 5.92 Å². The first kappa shape index (κ1) is 20.0. The highest BCUT2D eigenvalue weighted by atomic mass is 16.4. The molecule has 1 amide bonds. The summed E-state index contributed by atoms with van der Waals surface area (Å²) in [6.07, 6.45) is 0.601. The Bertz CT molecular complexity index is 1260. The number of aromatic nitrogens is 1. The van der Waals surface area contributed by atoms with Crippen molar-refractivity contribution in [2.45, 2.75) is 25.8 Å². The zero-order valence-electron chi connectivity index (χ0n) is 17.8. The van der Waals surface area contributed by atoms with E-state index in [2.05, 4.69) is 20.9 Å². The number of oxazole rings is 1. The van der Waals surface area contributed by atoms with E-state index in [0.717, 1.165) is 16.6 Å². The van der Waals surface area contributed by atoms with Gasteiger partial charge in [-0.25, -0.2) is 4.99 Å². The highest BCUT2D eigenvalue weighted by Crippen LogP contribution is 2.39. The van der Waals surface area contributed by atoms with E-state index in [9.17, 15) is 9.59 Å². The van der Waals surface area contributed by atoms with Gasteiger partial charge < -0.3 is 15.1 Å². The van der Waals surface area contributed by atoms with Gasteiger partial charge in [0.1, 0.15) is 11.6 Å². The Hall–Kier alpha value is -3.94. The molecule has 2 heterocycles. The molecule has 1 aliphatic carbocycles. The van der Waals surface area contributed by atoms with Gasteiger partial charge in [-0.15, -0.1) is 0 Å². The second kappa shape index (κ2) is 7.96. The van der Waals surface area contributed by atoms with Crippen LogP contribution < -0.4 is 16.0 Å². The van der Waals surface area contributed by atoms with Crippen LogP contribution in [-0.2, 0) is 9.59 Å². The summed E-state index contributed by atoms with van der Waals surface area (Å²) in [5.74, 6) is -0.200. The van der Waals surface area contributed by atoms with Crippen LogP contribution in [0.3, 0.4) is 0 Å². The van der Waals surface area contributed by atoms with Crippen LogP contribution in [0, 0.1) is 12.8 Å². The summed E-state index contributed by atoms with van der Waals surface area (Å²) in [6.45, 7) is 2.00. The minimum atomic E-state index is -0.475. The Morgan fingerprint density at radius 1 is 1.12 bits per heavy atom. The van der Waals surface area contributed by atoms with Gasteiger partial charge in [-0.05, 0) is 30.2 Å². The normalized spacial score (nSPS) is 20.4. The molecule has 0 saturated carbocycles. The average molecular weight is 429 g/mol. The Balaban J connectivity index is 1.54. The van der Waals surface area contributed by atoms with Crippen molar-refractivity contribution in [2.24, 2.45) is 10.9 Å². The highest BCUT2D eigenvalue weighted by molar-refractivity contribution is 6.05. The van der Waals surface area contributed by atoms with Crippen molar-refractivity contribution in [2.75, 3.05) is 12.4 Å². The molecule has 0 radical (unpaired) electrons. The number of hydrogen-bond donors (Lipinski definition) is 3. The number of anilines is 1. The van der Waals surface area contributed by atoms with Crippen molar-refractivity contribution in [3.8, 4) is 0 Å². The van der Waals surface area contributed by atoms with E-state index < -0.39 is 12.0 Å². The van der Waals surface area contributed by atoms with Crippen molar-refractivity contribution in [3.63, 3.8) is 0 Å². The Kier molecular flexibility index (Phi) is 4.97. The third-order valence-corrected chi connectivity index (χ3v) is 5.93. The number of fused-ring (bicyclic) bond motifs is 1. The van der Waals surface area contributed by atoms with E-state index in [1.807, 2.05) is 55.5 Å². The van der Waals surface area contributed by atoms with Crippen LogP contribution in [0.25, 0.3) is 11.1 Å². The molecule has 3 aromatic rings. The number of rotatable bonds is 3. The monoisotopic (exact) mass is 429 g/mol. The number of nitrogens with one attached hydrogen (secondary N) is 3. The smallest absolute Gasteiger partial charge is 0.302 e. The molecule has 0 spiro atoms. The molecule has 32 heavy (non-hydrogen) atoms. The molecule has 8 heteroatoms. The van der Waals surface area contributed by atoms with Gasteiger partial charge in [0.15, 0.2) is 11.4 Å². The third-order valence-electron chi connectivity index (χ3n) is 5.93. The standard InChI is InChI=1S/C24H23N5O3/c1-13-7-3-4-8-15(13)21-20-17(11-14(12-18(20)30)22(31)25-2)26-23(28-21)29-24-27-16-9-5-6-10-19(16)32-24/h3-10,14,21H,11-12H2,1-2H3,(H,25,31)(H2,26,27,28,29). The van der Waals surface area contributed by atoms with E-state index in [-0.39, 0.29) is 18.1 Å². The maximum absolute atomic E-state index is 13.1. The van der Waals surface area contributed by atoms with Gasteiger partial charge in [-0.1, -0.05) is 36.4 Å². The Morgan fingerprint density at radius 2 is 1.91 bits per heavy atom. The van der Waals surface area contributed by atoms with Crippen LogP contribution in [0.5, 0.6) is 0 Å². The fourth-order valence-corrected chi connectivity index (χ4v) is 4.33. The molecule has 162 valence electrons. The number of para-hydroxylation sites is 2. The molecule has 8 nitrogen and oxygen atoms in total. The molecule has 2 aliphatic rings. The molecule has 3 N–H and O–H groups in total. The van der Waals surface area contributed by atoms with Gasteiger partial charge in [0.25, 0.3) is 0 Å². The largest absolute Gasteiger partial charge is 0.423 e. The van der Waals surface area contributed by atoms with Crippen LogP contribution >= 0.6 is 0 Å². The number of Topliss-reactive ketones (excluding diaryl/α,β-unsaturated/α-hetero) is 1. The first-order chi connectivity index (χ1) is 15.5. The van der Waals surface area contributed by atoms with Gasteiger partial charge in [-0.2, -0.15) is 4.98 Å². The average Bonchev–Trinajstić information content (AvgIpc) is 3.20. The fraction of sp³-hybridized carbons (Fsp3) is 0.250. The van der Waals surface area contributed by atoms with Gasteiger partial charge in [-0.3, -0.25) is 14.9 Å². The number of nitrogens with zero attached hydrogens (tertiary/aromatic N) is 2. The van der Waals surface area contributed by atoms with Crippen molar-refractivity contribution >= 4 is 34.8 Å². The molecular formula is C24H23N5O3. The number of carbonyl (C=O) groups is 2. The predicted molar refractivity (Wildman–Crippen MR) is 121 cm³/mol. The SMILES string of the molecule is CNC(=O)C1CC(=O)C2=C(C1)NC(Nc1nc3ccccc3o1)=NC2c1ccccc1C. The molecule has 2 unspecified atom stereocenters. The van der Waals surface area contributed by atoms with E-state index in [0.29, 0.717) is 35.2 Å². The van der Waals surface area contributed by atoms with Gasteiger partial charge in [0, 0.05) is 31.2 Å². The molecule has 0 fully saturated rings. The van der Waals surface area contributed by atoms with E-state index >= 15 is 0 Å². The summed E-state index contributed by atoms with van der Waals surface area (Å²) < 4.78 is 5.78. The zero-order chi connectivity index (χ0) is 22.2. The number of guanidine groups is 1. The fourth-order valence-electron chi connectivity index (χ4n) is 4.33. The van der Waals surface area contributed by atoms with E-state index in [1.54, 1.807) is 7.05 Å². The summed E-state index contributed by atoms with van der Waals surface area (Å²) in [5, 5.41) is 8.99. The van der Waals surface area contributed by atoms with Crippen LogP contribution in [0.15, 0.2) is 69.2 Å². The van der Waals surface area contributed by atoms with E-state index in [1.165, 1.54) is 0 Å². The number of ketones is 1. The topological polar surface area (TPSA) is 109 Å². The van der Waals surface area contributed by atoms with Crippen LogP contribution in [-0.4, -0.2) is 29.7 Å². The van der Waals surface area contributed by atoms with Crippen LogP contribution in [0.2, 0.25) is 0 Å². The molecule has 1 aliphatic heterocycles. The first-order valence-electron chi connectivity index (χ1n) is 10.5. The quantitative estimate of drug-likeness (QED) is 0.590. The van der Waals surface area contributed by atoms with Gasteiger partial charge >= 0.3 is 6.01 Å². The number of allylic oxidation sites excluding steroid dienone is 1. The lowest BCUT2D eigenvalue weighted by atomic mass is 9.80. The molecule has 2 aromatic carbocycles. The van der Waals surface area contributed by atoms with Crippen molar-refractivity contribution in [3.05, 3.63) is 70.9 Å². The van der Waals surface area contributed by atoms with Crippen molar-refractivity contribution in [1.29, 1.82) is 0 Å². The number of carbonyl (C=O) groups excluding carboxylic acids is 2. The molecular weight excluding hydrogens is 406 g/mol. The molecule has 2 atom stereocenters. The molecule has 5 rings (SSSR count). The Labute approximate surface area is 184 Å². The third kappa shape index (κ3) is 3.53. The predicted octanol–water partition coefficient (Wildman–Crippen LogP) is 3.23. The highest BCUT2D eigenvalue weighted by Gasteiger charge is 2.38. The van der Waals surface area contributed by atoms with Crippen molar-refractivity contribution in [1.82, 2.24) is 15.6 Å². The molecule has 1 aromatic heterocycles. The minimum Gasteiger partial charge on any atom is -0.423 e. The maximum Gasteiger partial charge on any atom is 0.302 e. The summed E-state index contributed by atoms with van der Waals surface area (Å²) >= 11 is 0. The first-order valence-corrected chi connectivity index (χ1v) is 10.5. The number of hydrogen-bond acceptors (Lipinski definition) is 7. The summed E-state index contributed by atoms with van der Waals surface area (Å²) in [6, 6.07) is 15.2. The lowest BCUT2D eigenvalue weighted by Crippen LogP contribution is -2.42. The van der Waals surface area contributed by atoms with Crippen LogP contribution in [0.1, 0.15) is 30.0 Å². The second-order valence-electron chi connectivity index (χ2n) is 8.01. The lowest BCUT2D eigenvalue weighted by Gasteiger charge is -2.33. The number of aryl methyl sites for hydroxylation is 1. The minimum absolute atomic E-state index is 0.0646.